The van der Waals surface area contributed by atoms with Gasteiger partial charge in [0.25, 0.3) is 5.91 Å². The molecule has 3 rings (SSSR count). The Labute approximate surface area is 103 Å². The molecule has 1 aromatic carbocycles. The van der Waals surface area contributed by atoms with E-state index in [-0.39, 0.29) is 11.7 Å². The smallest absolute Gasteiger partial charge is 0.268 e. The monoisotopic (exact) mass is 244 g/mol. The predicted octanol–water partition coefficient (Wildman–Crippen LogP) is 1.49. The third kappa shape index (κ3) is 1.48. The molecule has 0 spiro atoms. The van der Waals surface area contributed by atoms with Crippen molar-refractivity contribution in [3.8, 4) is 5.75 Å². The molecule has 0 atom stereocenters. The van der Waals surface area contributed by atoms with E-state index < -0.39 is 0 Å². The Kier molecular flexibility index (Phi) is 2.33. The molecule has 5 nitrogen and oxygen atoms in total. The number of carbonyl (C=O) groups excluding carboxylic acids is 2. The van der Waals surface area contributed by atoms with Gasteiger partial charge >= 0.3 is 0 Å². The van der Waals surface area contributed by atoms with Crippen LogP contribution in [-0.2, 0) is 0 Å². The minimum atomic E-state index is -0.231. The number of aromatic nitrogens is 1. The molecule has 0 saturated carbocycles. The summed E-state index contributed by atoms with van der Waals surface area (Å²) in [5.41, 5.74) is 1.59. The van der Waals surface area contributed by atoms with Crippen LogP contribution >= 0.6 is 0 Å². The first-order valence-electron chi connectivity index (χ1n) is 5.72. The van der Waals surface area contributed by atoms with Crippen LogP contribution in [0.15, 0.2) is 18.2 Å². The number of aromatic amines is 1. The summed E-state index contributed by atoms with van der Waals surface area (Å²) < 4.78 is 5.15. The van der Waals surface area contributed by atoms with Gasteiger partial charge in [-0.3, -0.25) is 9.59 Å². The van der Waals surface area contributed by atoms with Gasteiger partial charge in [0.1, 0.15) is 11.4 Å². The van der Waals surface area contributed by atoms with E-state index in [0.29, 0.717) is 30.0 Å². The Hall–Kier alpha value is -2.30. The minimum Gasteiger partial charge on any atom is -0.497 e. The van der Waals surface area contributed by atoms with Crippen molar-refractivity contribution < 1.29 is 14.3 Å². The van der Waals surface area contributed by atoms with Crippen molar-refractivity contribution in [3.63, 3.8) is 0 Å². The zero-order valence-electron chi connectivity index (χ0n) is 9.87. The van der Waals surface area contributed by atoms with Gasteiger partial charge in [0.2, 0.25) is 0 Å². The summed E-state index contributed by atoms with van der Waals surface area (Å²) in [5.74, 6) is 0.413. The van der Waals surface area contributed by atoms with Crippen molar-refractivity contribution >= 4 is 22.6 Å². The van der Waals surface area contributed by atoms with Gasteiger partial charge in [0, 0.05) is 23.9 Å². The molecule has 1 aliphatic heterocycles. The van der Waals surface area contributed by atoms with Crippen molar-refractivity contribution in [2.45, 2.75) is 6.42 Å². The van der Waals surface area contributed by atoms with Gasteiger partial charge in [0.15, 0.2) is 5.78 Å². The van der Waals surface area contributed by atoms with Crippen LogP contribution in [0.1, 0.15) is 27.3 Å². The number of Topliss-reactive ketones (excluding diaryl/α,β-unsaturated/α-hetero) is 1. The zero-order chi connectivity index (χ0) is 12.7. The Balaban J connectivity index is 2.32. The van der Waals surface area contributed by atoms with Crippen LogP contribution in [0.5, 0.6) is 5.75 Å². The molecule has 92 valence electrons. The van der Waals surface area contributed by atoms with Gasteiger partial charge in [-0.05, 0) is 18.2 Å². The van der Waals surface area contributed by atoms with E-state index in [4.69, 9.17) is 4.74 Å². The van der Waals surface area contributed by atoms with Crippen LogP contribution in [0.3, 0.4) is 0 Å². The SMILES string of the molecule is COc1ccc2[nH]c3c(c2c1)C(=O)CCNC3=O. The molecule has 1 amide bonds. The maximum Gasteiger partial charge on any atom is 0.268 e. The van der Waals surface area contributed by atoms with Crippen LogP contribution in [-0.4, -0.2) is 30.3 Å². The molecule has 0 bridgehead atoms. The maximum absolute atomic E-state index is 12.1. The highest BCUT2D eigenvalue weighted by Gasteiger charge is 2.25. The Morgan fingerprint density at radius 3 is 2.89 bits per heavy atom. The van der Waals surface area contributed by atoms with Crippen molar-refractivity contribution in [1.29, 1.82) is 0 Å². The molecule has 2 N–H and O–H groups in total. The second-order valence-electron chi connectivity index (χ2n) is 4.22. The van der Waals surface area contributed by atoms with Gasteiger partial charge in [-0.25, -0.2) is 0 Å². The van der Waals surface area contributed by atoms with Gasteiger partial charge in [-0.15, -0.1) is 0 Å². The summed E-state index contributed by atoms with van der Waals surface area (Å²) in [4.78, 5) is 26.9. The number of fused-ring (bicyclic) bond motifs is 3. The highest BCUT2D eigenvalue weighted by atomic mass is 16.5. The van der Waals surface area contributed by atoms with Crippen LogP contribution in [0.2, 0.25) is 0 Å². The lowest BCUT2D eigenvalue weighted by Crippen LogP contribution is -2.23. The summed E-state index contributed by atoms with van der Waals surface area (Å²) in [6.07, 6.45) is 0.322. The van der Waals surface area contributed by atoms with E-state index in [9.17, 15) is 9.59 Å². The molecular formula is C13H12N2O3. The molecule has 5 heteroatoms. The number of rotatable bonds is 1. The largest absolute Gasteiger partial charge is 0.497 e. The number of ether oxygens (including phenoxy) is 1. The van der Waals surface area contributed by atoms with Gasteiger partial charge in [-0.1, -0.05) is 0 Å². The number of amides is 1. The summed E-state index contributed by atoms with van der Waals surface area (Å²) in [7, 11) is 1.57. The fourth-order valence-electron chi connectivity index (χ4n) is 2.26. The Bertz CT molecular complexity index is 658. The Morgan fingerprint density at radius 1 is 1.28 bits per heavy atom. The van der Waals surface area contributed by atoms with Gasteiger partial charge < -0.3 is 15.0 Å². The number of ketones is 1. The number of hydrogen-bond donors (Lipinski definition) is 2. The number of benzene rings is 1. The number of H-pyrrole nitrogens is 1. The first-order chi connectivity index (χ1) is 8.70. The fourth-order valence-corrected chi connectivity index (χ4v) is 2.26. The zero-order valence-corrected chi connectivity index (χ0v) is 9.87. The summed E-state index contributed by atoms with van der Waals surface area (Å²) >= 11 is 0. The van der Waals surface area contributed by atoms with E-state index in [0.717, 1.165) is 10.9 Å². The molecule has 0 aliphatic carbocycles. The van der Waals surface area contributed by atoms with Crippen molar-refractivity contribution in [1.82, 2.24) is 10.3 Å². The average molecular weight is 244 g/mol. The first kappa shape index (κ1) is 10.8. The highest BCUT2D eigenvalue weighted by molar-refractivity contribution is 6.17. The molecule has 0 saturated heterocycles. The van der Waals surface area contributed by atoms with E-state index in [1.165, 1.54) is 0 Å². The van der Waals surface area contributed by atoms with Crippen molar-refractivity contribution in [3.05, 3.63) is 29.5 Å². The number of methoxy groups -OCH3 is 1. The van der Waals surface area contributed by atoms with Crippen LogP contribution in [0, 0.1) is 0 Å². The predicted molar refractivity (Wildman–Crippen MR) is 66.1 cm³/mol. The van der Waals surface area contributed by atoms with Gasteiger partial charge in [0.05, 0.1) is 12.7 Å². The third-order valence-corrected chi connectivity index (χ3v) is 3.15. The summed E-state index contributed by atoms with van der Waals surface area (Å²) in [6.45, 7) is 0.381. The van der Waals surface area contributed by atoms with Crippen LogP contribution in [0.25, 0.3) is 10.9 Å². The first-order valence-corrected chi connectivity index (χ1v) is 5.72. The lowest BCUT2D eigenvalue weighted by molar-refractivity contribution is 0.0952. The minimum absolute atomic E-state index is 0.0251. The lowest BCUT2D eigenvalue weighted by atomic mass is 10.0. The molecule has 1 aromatic heterocycles. The Morgan fingerprint density at radius 2 is 2.11 bits per heavy atom. The number of hydrogen-bond acceptors (Lipinski definition) is 3. The quantitative estimate of drug-likeness (QED) is 0.798. The third-order valence-electron chi connectivity index (χ3n) is 3.15. The molecule has 18 heavy (non-hydrogen) atoms. The van der Waals surface area contributed by atoms with Crippen LogP contribution in [0.4, 0.5) is 0 Å². The lowest BCUT2D eigenvalue weighted by Gasteiger charge is -2.00. The number of nitrogens with one attached hydrogen (secondary N) is 2. The van der Waals surface area contributed by atoms with Crippen molar-refractivity contribution in [2.24, 2.45) is 0 Å². The standard InChI is InChI=1S/C13H12N2O3/c1-18-7-2-3-9-8(6-7)11-10(16)4-5-14-13(17)12(11)15-9/h2-3,6,15H,4-5H2,1H3,(H,14,17). The highest BCUT2D eigenvalue weighted by Crippen LogP contribution is 2.28. The second kappa shape index (κ2) is 3.87. The maximum atomic E-state index is 12.1. The topological polar surface area (TPSA) is 71.2 Å². The van der Waals surface area contributed by atoms with Crippen LogP contribution < -0.4 is 10.1 Å². The van der Waals surface area contributed by atoms with E-state index in [1.807, 2.05) is 6.07 Å². The average Bonchev–Trinajstić information content (AvgIpc) is 2.70. The summed E-state index contributed by atoms with van der Waals surface area (Å²) in [5, 5.41) is 3.44. The molecule has 0 fully saturated rings. The normalized spacial score (nSPS) is 15.2. The van der Waals surface area contributed by atoms with Crippen molar-refractivity contribution in [2.75, 3.05) is 13.7 Å². The number of carbonyl (C=O) groups is 2. The summed E-state index contributed by atoms with van der Waals surface area (Å²) in [6, 6.07) is 5.38. The fraction of sp³-hybridized carbons (Fsp3) is 0.231. The molecular weight excluding hydrogens is 232 g/mol. The van der Waals surface area contributed by atoms with E-state index in [1.54, 1.807) is 19.2 Å². The van der Waals surface area contributed by atoms with E-state index in [2.05, 4.69) is 10.3 Å². The molecule has 1 aliphatic rings. The van der Waals surface area contributed by atoms with E-state index >= 15 is 0 Å². The van der Waals surface area contributed by atoms with Gasteiger partial charge in [-0.2, -0.15) is 0 Å². The molecule has 0 radical (unpaired) electrons. The molecule has 2 aromatic rings. The molecule has 2 heterocycles. The second-order valence-corrected chi connectivity index (χ2v) is 4.22. The molecule has 0 unspecified atom stereocenters.